The predicted molar refractivity (Wildman–Crippen MR) is 87.3 cm³/mol. The van der Waals surface area contributed by atoms with Crippen molar-refractivity contribution in [3.8, 4) is 0 Å². The van der Waals surface area contributed by atoms with Gasteiger partial charge in [0.1, 0.15) is 5.78 Å². The Morgan fingerprint density at radius 2 is 1.80 bits per heavy atom. The minimum Gasteiger partial charge on any atom is -0.298 e. The molecule has 0 unspecified atom stereocenters. The smallest absolute Gasteiger partial charge is 0.147 e. The molecule has 0 radical (unpaired) electrons. The molecule has 1 nitrogen and oxygen atoms in total. The van der Waals surface area contributed by atoms with Crippen LogP contribution < -0.4 is 0 Å². The number of benzene rings is 2. The molecule has 2 aromatic carbocycles. The van der Waals surface area contributed by atoms with E-state index < -0.39 is 0 Å². The van der Waals surface area contributed by atoms with Gasteiger partial charge in [0, 0.05) is 16.3 Å². The Kier molecular flexibility index (Phi) is 5.79. The number of hydrogen-bond donors (Lipinski definition) is 0. The van der Waals surface area contributed by atoms with Crippen molar-refractivity contribution in [2.45, 2.75) is 11.3 Å². The normalized spacial score (nSPS) is 10.6. The first kappa shape index (κ1) is 15.7. The summed E-state index contributed by atoms with van der Waals surface area (Å²) in [5.41, 5.74) is 0.760. The highest BCUT2D eigenvalue weighted by atomic mass is 35.5. The Hall–Kier alpha value is -0.670. The molecule has 0 aliphatic rings. The standard InChI is InChI=1S/C15H11Cl3OS/c16-11-4-2-5-13(8-11)20-9-12(19)7-10-3-1-6-14(17)15(10)18/h1-6,8H,7,9H2. The fourth-order valence-corrected chi connectivity index (χ4v) is 3.13. The van der Waals surface area contributed by atoms with Crippen LogP contribution in [0.25, 0.3) is 0 Å². The van der Waals surface area contributed by atoms with Crippen LogP contribution in [0.4, 0.5) is 0 Å². The average Bonchev–Trinajstić information content (AvgIpc) is 2.42. The largest absolute Gasteiger partial charge is 0.298 e. The van der Waals surface area contributed by atoms with Crippen molar-refractivity contribution in [2.75, 3.05) is 5.75 Å². The number of halogens is 3. The van der Waals surface area contributed by atoms with E-state index >= 15 is 0 Å². The summed E-state index contributed by atoms with van der Waals surface area (Å²) < 4.78 is 0. The SMILES string of the molecule is O=C(CSc1cccc(Cl)c1)Cc1cccc(Cl)c1Cl. The van der Waals surface area contributed by atoms with Gasteiger partial charge >= 0.3 is 0 Å². The second-order valence-electron chi connectivity index (χ2n) is 4.17. The minimum absolute atomic E-state index is 0.0964. The first-order valence-corrected chi connectivity index (χ1v) is 8.01. The van der Waals surface area contributed by atoms with Crippen molar-refractivity contribution in [1.29, 1.82) is 0 Å². The van der Waals surface area contributed by atoms with Crippen molar-refractivity contribution < 1.29 is 4.79 Å². The third kappa shape index (κ3) is 4.42. The monoisotopic (exact) mass is 344 g/mol. The zero-order chi connectivity index (χ0) is 14.5. The molecule has 0 atom stereocenters. The fourth-order valence-electron chi connectivity index (χ4n) is 1.67. The van der Waals surface area contributed by atoms with Crippen LogP contribution in [0.2, 0.25) is 15.1 Å². The number of rotatable bonds is 5. The molecular weight excluding hydrogens is 335 g/mol. The highest BCUT2D eigenvalue weighted by Crippen LogP contribution is 2.27. The maximum Gasteiger partial charge on any atom is 0.147 e. The maximum atomic E-state index is 12.0. The van der Waals surface area contributed by atoms with E-state index in [1.54, 1.807) is 18.2 Å². The van der Waals surface area contributed by atoms with Crippen LogP contribution in [0.5, 0.6) is 0 Å². The van der Waals surface area contributed by atoms with E-state index in [0.717, 1.165) is 10.5 Å². The van der Waals surface area contributed by atoms with Gasteiger partial charge in [-0.15, -0.1) is 11.8 Å². The van der Waals surface area contributed by atoms with E-state index in [4.69, 9.17) is 34.8 Å². The van der Waals surface area contributed by atoms with Gasteiger partial charge < -0.3 is 0 Å². The van der Waals surface area contributed by atoms with Crippen molar-refractivity contribution in [2.24, 2.45) is 0 Å². The lowest BCUT2D eigenvalue weighted by atomic mass is 10.1. The molecule has 0 aliphatic carbocycles. The van der Waals surface area contributed by atoms with Crippen LogP contribution in [0.15, 0.2) is 47.4 Å². The molecular formula is C15H11Cl3OS. The molecule has 0 fully saturated rings. The van der Waals surface area contributed by atoms with Crippen LogP contribution in [0.1, 0.15) is 5.56 Å². The maximum absolute atomic E-state index is 12.0. The van der Waals surface area contributed by atoms with Crippen molar-refractivity contribution in [3.05, 3.63) is 63.1 Å². The lowest BCUT2D eigenvalue weighted by molar-refractivity contribution is -0.116. The molecule has 0 saturated carbocycles. The van der Waals surface area contributed by atoms with Crippen molar-refractivity contribution in [3.63, 3.8) is 0 Å². The van der Waals surface area contributed by atoms with Gasteiger partial charge in [0.15, 0.2) is 0 Å². The number of Topliss-reactive ketones (excluding diaryl/α,β-unsaturated/α-hetero) is 1. The van der Waals surface area contributed by atoms with Crippen LogP contribution in [0.3, 0.4) is 0 Å². The van der Waals surface area contributed by atoms with Crippen LogP contribution in [0, 0.1) is 0 Å². The summed E-state index contributed by atoms with van der Waals surface area (Å²) in [6, 6.07) is 12.7. The number of thioether (sulfide) groups is 1. The average molecular weight is 346 g/mol. The summed E-state index contributed by atoms with van der Waals surface area (Å²) in [6.45, 7) is 0. The van der Waals surface area contributed by atoms with E-state index in [1.165, 1.54) is 11.8 Å². The highest BCUT2D eigenvalue weighted by molar-refractivity contribution is 8.00. The number of carbonyl (C=O) groups excluding carboxylic acids is 1. The Morgan fingerprint density at radius 3 is 2.55 bits per heavy atom. The van der Waals surface area contributed by atoms with Crippen molar-refractivity contribution >= 4 is 52.3 Å². The molecule has 0 bridgehead atoms. The van der Waals surface area contributed by atoms with E-state index in [9.17, 15) is 4.79 Å². The first-order chi connectivity index (χ1) is 9.56. The van der Waals surface area contributed by atoms with Gasteiger partial charge in [-0.3, -0.25) is 4.79 Å². The first-order valence-electron chi connectivity index (χ1n) is 5.89. The van der Waals surface area contributed by atoms with Gasteiger partial charge in [0.2, 0.25) is 0 Å². The van der Waals surface area contributed by atoms with Gasteiger partial charge in [0.05, 0.1) is 15.8 Å². The zero-order valence-electron chi connectivity index (χ0n) is 10.4. The molecule has 20 heavy (non-hydrogen) atoms. The van der Waals surface area contributed by atoms with Gasteiger partial charge in [0.25, 0.3) is 0 Å². The summed E-state index contributed by atoms with van der Waals surface area (Å²) >= 11 is 19.4. The molecule has 2 aromatic rings. The number of ketones is 1. The van der Waals surface area contributed by atoms with Crippen LogP contribution in [-0.2, 0) is 11.2 Å². The minimum atomic E-state index is 0.0964. The van der Waals surface area contributed by atoms with E-state index in [-0.39, 0.29) is 12.2 Å². The molecule has 0 aromatic heterocycles. The summed E-state index contributed by atoms with van der Waals surface area (Å²) in [4.78, 5) is 13.0. The van der Waals surface area contributed by atoms with Gasteiger partial charge in [-0.2, -0.15) is 0 Å². The number of hydrogen-bond acceptors (Lipinski definition) is 2. The molecule has 0 saturated heterocycles. The van der Waals surface area contributed by atoms with Gasteiger partial charge in [-0.1, -0.05) is 53.0 Å². The van der Waals surface area contributed by atoms with Crippen LogP contribution >= 0.6 is 46.6 Å². The lowest BCUT2D eigenvalue weighted by Crippen LogP contribution is -2.06. The molecule has 0 amide bonds. The van der Waals surface area contributed by atoms with Gasteiger partial charge in [-0.05, 0) is 29.8 Å². The molecule has 5 heteroatoms. The third-order valence-electron chi connectivity index (χ3n) is 2.62. The highest BCUT2D eigenvalue weighted by Gasteiger charge is 2.10. The van der Waals surface area contributed by atoms with Gasteiger partial charge in [-0.25, -0.2) is 0 Å². The molecule has 104 valence electrons. The second kappa shape index (κ2) is 7.37. The Morgan fingerprint density at radius 1 is 1.05 bits per heavy atom. The fraction of sp³-hybridized carbons (Fsp3) is 0.133. The molecule has 0 heterocycles. The summed E-state index contributed by atoms with van der Waals surface area (Å²) in [6.07, 6.45) is 0.285. The van der Waals surface area contributed by atoms with E-state index in [2.05, 4.69) is 0 Å². The lowest BCUT2D eigenvalue weighted by Gasteiger charge is -2.05. The summed E-state index contributed by atoms with van der Waals surface area (Å²) in [5.74, 6) is 0.475. The Labute approximate surface area is 137 Å². The molecule has 0 N–H and O–H groups in total. The second-order valence-corrected chi connectivity index (χ2v) is 6.44. The Bertz CT molecular complexity index is 628. The number of carbonyl (C=O) groups is 1. The molecule has 0 spiro atoms. The van der Waals surface area contributed by atoms with Crippen molar-refractivity contribution in [1.82, 2.24) is 0 Å². The van der Waals surface area contributed by atoms with E-state index in [1.807, 2.05) is 24.3 Å². The Balaban J connectivity index is 1.94. The predicted octanol–water partition coefficient (Wildman–Crippen LogP) is 5.55. The zero-order valence-corrected chi connectivity index (χ0v) is 13.5. The topological polar surface area (TPSA) is 17.1 Å². The molecule has 2 rings (SSSR count). The summed E-state index contributed by atoms with van der Waals surface area (Å²) in [7, 11) is 0. The van der Waals surface area contributed by atoms with Crippen LogP contribution in [-0.4, -0.2) is 11.5 Å². The molecule has 0 aliphatic heterocycles. The quantitative estimate of drug-likeness (QED) is 0.661. The third-order valence-corrected chi connectivity index (χ3v) is 4.76. The van der Waals surface area contributed by atoms with E-state index in [0.29, 0.717) is 20.8 Å². The summed E-state index contributed by atoms with van der Waals surface area (Å²) in [5, 5.41) is 1.59.